The minimum atomic E-state index is -0.341. The number of para-hydroxylation sites is 1. The molecule has 1 heterocycles. The standard InChI is InChI=1S/C17H23NO4.ClH/c1-14(13-18-9-11-21-12-10-18)22-17(19)8-7-15-5-3-4-6-16(15)20-2;/h3-8,14H,9-13H2,1-2H3;1H. The van der Waals surface area contributed by atoms with Crippen molar-refractivity contribution < 1.29 is 19.0 Å². The number of carbonyl (C=O) groups excluding carboxylic acids is 1. The van der Waals surface area contributed by atoms with Crippen LogP contribution in [0, 0.1) is 0 Å². The third-order valence-electron chi connectivity index (χ3n) is 3.47. The van der Waals surface area contributed by atoms with Crippen molar-refractivity contribution in [2.75, 3.05) is 40.0 Å². The SMILES string of the molecule is COc1ccccc1C=CC(=O)OC(C)CN1CCOCC1.Cl. The van der Waals surface area contributed by atoms with Crippen molar-refractivity contribution in [2.24, 2.45) is 0 Å². The predicted octanol–water partition coefficient (Wildman–Crippen LogP) is 2.39. The number of carbonyl (C=O) groups is 1. The maximum atomic E-state index is 11.9. The van der Waals surface area contributed by atoms with Crippen molar-refractivity contribution >= 4 is 24.5 Å². The van der Waals surface area contributed by atoms with Gasteiger partial charge in [0.2, 0.25) is 0 Å². The van der Waals surface area contributed by atoms with Crippen molar-refractivity contribution in [1.29, 1.82) is 0 Å². The molecule has 0 aliphatic carbocycles. The molecule has 0 spiro atoms. The van der Waals surface area contributed by atoms with Gasteiger partial charge in [0.05, 0.1) is 20.3 Å². The Labute approximate surface area is 143 Å². The van der Waals surface area contributed by atoms with Crippen LogP contribution in [-0.4, -0.2) is 56.9 Å². The second kappa shape index (κ2) is 10.3. The van der Waals surface area contributed by atoms with E-state index >= 15 is 0 Å². The van der Waals surface area contributed by atoms with Crippen LogP contribution >= 0.6 is 12.4 Å². The molecule has 1 aromatic carbocycles. The summed E-state index contributed by atoms with van der Waals surface area (Å²) < 4.78 is 15.9. The number of morpholine rings is 1. The molecule has 1 aliphatic rings. The van der Waals surface area contributed by atoms with Crippen molar-refractivity contribution in [3.05, 3.63) is 35.9 Å². The van der Waals surface area contributed by atoms with Gasteiger partial charge in [-0.05, 0) is 19.1 Å². The fraction of sp³-hybridized carbons (Fsp3) is 0.471. The molecular formula is C17H24ClNO4. The van der Waals surface area contributed by atoms with Gasteiger partial charge in [-0.2, -0.15) is 0 Å². The number of methoxy groups -OCH3 is 1. The number of nitrogens with zero attached hydrogens (tertiary/aromatic N) is 1. The third kappa shape index (κ3) is 6.60. The molecule has 0 radical (unpaired) electrons. The highest BCUT2D eigenvalue weighted by molar-refractivity contribution is 5.87. The molecule has 1 aliphatic heterocycles. The first-order chi connectivity index (χ1) is 10.7. The van der Waals surface area contributed by atoms with E-state index in [2.05, 4.69) is 4.90 Å². The zero-order valence-corrected chi connectivity index (χ0v) is 14.4. The van der Waals surface area contributed by atoms with Crippen LogP contribution in [0.5, 0.6) is 5.75 Å². The molecule has 0 saturated carbocycles. The van der Waals surface area contributed by atoms with Gasteiger partial charge in [-0.25, -0.2) is 4.79 Å². The number of halogens is 1. The van der Waals surface area contributed by atoms with Gasteiger partial charge in [0.15, 0.2) is 0 Å². The lowest BCUT2D eigenvalue weighted by Gasteiger charge is -2.28. The highest BCUT2D eigenvalue weighted by Crippen LogP contribution is 2.18. The summed E-state index contributed by atoms with van der Waals surface area (Å²) in [7, 11) is 1.61. The molecule has 1 aromatic rings. The average molecular weight is 342 g/mol. The summed E-state index contributed by atoms with van der Waals surface area (Å²) in [5.41, 5.74) is 0.850. The molecule has 0 aromatic heterocycles. The number of benzene rings is 1. The van der Waals surface area contributed by atoms with E-state index in [1.54, 1.807) is 13.2 Å². The largest absolute Gasteiger partial charge is 0.496 e. The molecule has 1 atom stereocenters. The van der Waals surface area contributed by atoms with Crippen LogP contribution in [0.1, 0.15) is 12.5 Å². The van der Waals surface area contributed by atoms with Gasteiger partial charge < -0.3 is 14.2 Å². The lowest BCUT2D eigenvalue weighted by atomic mass is 10.2. The smallest absolute Gasteiger partial charge is 0.331 e. The first kappa shape index (κ1) is 19.5. The molecule has 1 saturated heterocycles. The Balaban J connectivity index is 0.00000264. The second-order valence-electron chi connectivity index (χ2n) is 5.24. The van der Waals surface area contributed by atoms with Crippen molar-refractivity contribution in [3.63, 3.8) is 0 Å². The van der Waals surface area contributed by atoms with Crippen LogP contribution in [0.4, 0.5) is 0 Å². The quantitative estimate of drug-likeness (QED) is 0.587. The van der Waals surface area contributed by atoms with E-state index in [0.29, 0.717) is 0 Å². The van der Waals surface area contributed by atoms with Gasteiger partial charge in [0, 0.05) is 31.3 Å². The summed E-state index contributed by atoms with van der Waals surface area (Å²) in [6.45, 7) is 5.91. The maximum Gasteiger partial charge on any atom is 0.331 e. The average Bonchev–Trinajstić information content (AvgIpc) is 2.54. The first-order valence-corrected chi connectivity index (χ1v) is 7.51. The topological polar surface area (TPSA) is 48.0 Å². The second-order valence-corrected chi connectivity index (χ2v) is 5.24. The lowest BCUT2D eigenvalue weighted by molar-refractivity contribution is -0.143. The van der Waals surface area contributed by atoms with E-state index in [1.165, 1.54) is 6.08 Å². The van der Waals surface area contributed by atoms with Gasteiger partial charge in [-0.3, -0.25) is 4.90 Å². The van der Waals surface area contributed by atoms with Gasteiger partial charge in [0.1, 0.15) is 11.9 Å². The van der Waals surface area contributed by atoms with Crippen LogP contribution in [0.25, 0.3) is 6.08 Å². The van der Waals surface area contributed by atoms with Crippen molar-refractivity contribution in [2.45, 2.75) is 13.0 Å². The summed E-state index contributed by atoms with van der Waals surface area (Å²) in [5.74, 6) is 0.389. The number of esters is 1. The molecule has 0 bridgehead atoms. The number of hydrogen-bond donors (Lipinski definition) is 0. The lowest BCUT2D eigenvalue weighted by Crippen LogP contribution is -2.41. The van der Waals surface area contributed by atoms with E-state index in [0.717, 1.165) is 44.2 Å². The Kier molecular flexibility index (Phi) is 8.69. The normalized spacial score (nSPS) is 16.6. The molecule has 0 amide bonds. The summed E-state index contributed by atoms with van der Waals surface area (Å²) in [6, 6.07) is 7.53. The number of ether oxygens (including phenoxy) is 3. The van der Waals surface area contributed by atoms with Crippen LogP contribution < -0.4 is 4.74 Å². The van der Waals surface area contributed by atoms with Gasteiger partial charge >= 0.3 is 5.97 Å². The number of rotatable bonds is 6. The van der Waals surface area contributed by atoms with Crippen LogP contribution in [0.3, 0.4) is 0 Å². The van der Waals surface area contributed by atoms with E-state index in [9.17, 15) is 4.79 Å². The van der Waals surface area contributed by atoms with Crippen LogP contribution in [-0.2, 0) is 14.3 Å². The fourth-order valence-electron chi connectivity index (χ4n) is 2.38. The molecule has 23 heavy (non-hydrogen) atoms. The molecule has 5 nitrogen and oxygen atoms in total. The molecule has 1 fully saturated rings. The minimum Gasteiger partial charge on any atom is -0.496 e. The van der Waals surface area contributed by atoms with Gasteiger partial charge in [-0.1, -0.05) is 18.2 Å². The summed E-state index contributed by atoms with van der Waals surface area (Å²) in [6.07, 6.45) is 3.00. The zero-order chi connectivity index (χ0) is 15.8. The predicted molar refractivity (Wildman–Crippen MR) is 92.1 cm³/mol. The molecule has 128 valence electrons. The summed E-state index contributed by atoms with van der Waals surface area (Å²) >= 11 is 0. The summed E-state index contributed by atoms with van der Waals surface area (Å²) in [5, 5.41) is 0. The first-order valence-electron chi connectivity index (χ1n) is 7.51. The molecule has 6 heteroatoms. The Morgan fingerprint density at radius 1 is 1.35 bits per heavy atom. The summed E-state index contributed by atoms with van der Waals surface area (Å²) in [4.78, 5) is 14.1. The molecule has 2 rings (SSSR count). The highest BCUT2D eigenvalue weighted by atomic mass is 35.5. The van der Waals surface area contributed by atoms with E-state index < -0.39 is 0 Å². The maximum absolute atomic E-state index is 11.9. The van der Waals surface area contributed by atoms with Crippen molar-refractivity contribution in [3.8, 4) is 5.75 Å². The Bertz CT molecular complexity index is 515. The minimum absolute atomic E-state index is 0. The Hall–Kier alpha value is -1.56. The zero-order valence-electron chi connectivity index (χ0n) is 13.6. The van der Waals surface area contributed by atoms with E-state index in [4.69, 9.17) is 14.2 Å². The van der Waals surface area contributed by atoms with Gasteiger partial charge in [0.25, 0.3) is 0 Å². The molecule has 1 unspecified atom stereocenters. The Morgan fingerprint density at radius 3 is 2.74 bits per heavy atom. The third-order valence-corrected chi connectivity index (χ3v) is 3.47. The van der Waals surface area contributed by atoms with Crippen molar-refractivity contribution in [1.82, 2.24) is 4.90 Å². The van der Waals surface area contributed by atoms with Crippen LogP contribution in [0.15, 0.2) is 30.3 Å². The monoisotopic (exact) mass is 341 g/mol. The highest BCUT2D eigenvalue weighted by Gasteiger charge is 2.15. The number of hydrogen-bond acceptors (Lipinski definition) is 5. The van der Waals surface area contributed by atoms with E-state index in [1.807, 2.05) is 31.2 Å². The molecule has 0 N–H and O–H groups in total. The van der Waals surface area contributed by atoms with Crippen LogP contribution in [0.2, 0.25) is 0 Å². The van der Waals surface area contributed by atoms with E-state index in [-0.39, 0.29) is 24.5 Å². The van der Waals surface area contributed by atoms with Gasteiger partial charge in [-0.15, -0.1) is 12.4 Å². The Morgan fingerprint density at radius 2 is 2.04 bits per heavy atom. The fourth-order valence-corrected chi connectivity index (χ4v) is 2.38. The molecular weight excluding hydrogens is 318 g/mol.